The van der Waals surface area contributed by atoms with Crippen molar-refractivity contribution in [1.82, 2.24) is 5.01 Å². The molecule has 160 valence electrons. The van der Waals surface area contributed by atoms with Gasteiger partial charge in [0, 0.05) is 17.5 Å². The van der Waals surface area contributed by atoms with E-state index in [9.17, 15) is 9.59 Å². The molecule has 0 bridgehead atoms. The summed E-state index contributed by atoms with van der Waals surface area (Å²) < 4.78 is 11.5. The normalized spacial score (nSPS) is 15.7. The van der Waals surface area contributed by atoms with E-state index >= 15 is 0 Å². The summed E-state index contributed by atoms with van der Waals surface area (Å²) in [7, 11) is 0. The van der Waals surface area contributed by atoms with Gasteiger partial charge >= 0.3 is 0 Å². The van der Waals surface area contributed by atoms with Crippen LogP contribution >= 0.6 is 0 Å². The highest BCUT2D eigenvalue weighted by molar-refractivity contribution is 6.04. The maximum absolute atomic E-state index is 13.1. The summed E-state index contributed by atoms with van der Waals surface area (Å²) >= 11 is 0. The number of hydrazone groups is 1. The molecule has 0 saturated heterocycles. The number of carbonyl (C=O) groups excluding carboxylic acids is 2. The average Bonchev–Trinajstić information content (AvgIpc) is 3.56. The molecule has 32 heavy (non-hydrogen) atoms. The van der Waals surface area contributed by atoms with Crippen LogP contribution < -0.4 is 11.1 Å². The molecular weight excluding hydrogens is 408 g/mol. The Morgan fingerprint density at radius 1 is 1.09 bits per heavy atom. The van der Waals surface area contributed by atoms with Crippen LogP contribution in [-0.4, -0.2) is 29.1 Å². The molecule has 1 unspecified atom stereocenters. The molecule has 5 rings (SSSR count). The number of rotatable bonds is 6. The largest absolute Gasteiger partial charge is 0.467 e. The molecule has 3 heterocycles. The Morgan fingerprint density at radius 2 is 1.91 bits per heavy atom. The maximum atomic E-state index is 13.1. The molecular formula is C24H20N4O4. The lowest BCUT2D eigenvalue weighted by Gasteiger charge is -2.20. The molecule has 2 amide bonds. The van der Waals surface area contributed by atoms with Gasteiger partial charge in [-0.1, -0.05) is 30.3 Å². The van der Waals surface area contributed by atoms with Crippen molar-refractivity contribution in [3.8, 4) is 0 Å². The van der Waals surface area contributed by atoms with E-state index in [1.807, 2.05) is 36.4 Å². The number of amides is 2. The van der Waals surface area contributed by atoms with Crippen molar-refractivity contribution >= 4 is 34.2 Å². The summed E-state index contributed by atoms with van der Waals surface area (Å²) in [6, 6.07) is 19.6. The summed E-state index contributed by atoms with van der Waals surface area (Å²) in [5.41, 5.74) is 7.65. The number of fused-ring (bicyclic) bond motifs is 1. The standard InChI is InChI=1S/C24H20N4O4/c25-24(30)16-7-2-3-8-17(16)26-14-23(29)28-19(21-10-5-11-31-21)13-18(27-28)22-12-15-6-1-4-9-20(15)32-22/h1-12,19,26H,13-14H2,(H2,25,30). The summed E-state index contributed by atoms with van der Waals surface area (Å²) in [5, 5.41) is 9.94. The molecule has 2 aromatic heterocycles. The highest BCUT2D eigenvalue weighted by atomic mass is 16.3. The Kier molecular flexibility index (Phi) is 4.95. The number of primary amides is 1. The van der Waals surface area contributed by atoms with Crippen LogP contribution in [0.1, 0.15) is 34.3 Å². The van der Waals surface area contributed by atoms with Crippen molar-refractivity contribution in [3.05, 3.63) is 90.1 Å². The summed E-state index contributed by atoms with van der Waals surface area (Å²) in [5.74, 6) is 0.396. The number of benzene rings is 2. The molecule has 0 radical (unpaired) electrons. The predicted octanol–water partition coefficient (Wildman–Crippen LogP) is 3.91. The topological polar surface area (TPSA) is 114 Å². The molecule has 0 fully saturated rings. The molecule has 0 spiro atoms. The van der Waals surface area contributed by atoms with Gasteiger partial charge in [0.2, 0.25) is 0 Å². The van der Waals surface area contributed by atoms with Gasteiger partial charge < -0.3 is 19.9 Å². The summed E-state index contributed by atoms with van der Waals surface area (Å²) in [6.45, 7) is -0.0710. The number of carbonyl (C=O) groups is 2. The second kappa shape index (κ2) is 8.07. The van der Waals surface area contributed by atoms with Crippen LogP contribution in [0.25, 0.3) is 11.0 Å². The van der Waals surface area contributed by atoms with Crippen molar-refractivity contribution < 1.29 is 18.4 Å². The number of para-hydroxylation sites is 2. The van der Waals surface area contributed by atoms with E-state index in [4.69, 9.17) is 14.6 Å². The van der Waals surface area contributed by atoms with Gasteiger partial charge in [0.05, 0.1) is 18.4 Å². The number of hydrogen-bond acceptors (Lipinski definition) is 6. The Morgan fingerprint density at radius 3 is 2.69 bits per heavy atom. The molecule has 4 aromatic rings. The van der Waals surface area contributed by atoms with Gasteiger partial charge in [-0.05, 0) is 36.4 Å². The fourth-order valence-corrected chi connectivity index (χ4v) is 3.82. The second-order valence-corrected chi connectivity index (χ2v) is 7.43. The lowest BCUT2D eigenvalue weighted by atomic mass is 10.1. The van der Waals surface area contributed by atoms with Crippen LogP contribution in [0.3, 0.4) is 0 Å². The fourth-order valence-electron chi connectivity index (χ4n) is 3.82. The van der Waals surface area contributed by atoms with Gasteiger partial charge in [0.15, 0.2) is 5.76 Å². The van der Waals surface area contributed by atoms with Crippen molar-refractivity contribution in [3.63, 3.8) is 0 Å². The molecule has 8 nitrogen and oxygen atoms in total. The van der Waals surface area contributed by atoms with Gasteiger partial charge in [-0.15, -0.1) is 0 Å². The van der Waals surface area contributed by atoms with Gasteiger partial charge in [-0.2, -0.15) is 5.10 Å². The van der Waals surface area contributed by atoms with E-state index < -0.39 is 11.9 Å². The summed E-state index contributed by atoms with van der Waals surface area (Å²) in [6.07, 6.45) is 2.02. The Hall–Kier alpha value is -4.33. The quantitative estimate of drug-likeness (QED) is 0.483. The molecule has 1 atom stereocenters. The zero-order chi connectivity index (χ0) is 22.1. The Bertz CT molecular complexity index is 1290. The number of nitrogens with zero attached hydrogens (tertiary/aromatic N) is 2. The molecule has 0 saturated carbocycles. The maximum Gasteiger partial charge on any atom is 0.262 e. The van der Waals surface area contributed by atoms with E-state index in [1.54, 1.807) is 36.6 Å². The lowest BCUT2D eigenvalue weighted by Crippen LogP contribution is -2.32. The third-order valence-electron chi connectivity index (χ3n) is 5.37. The summed E-state index contributed by atoms with van der Waals surface area (Å²) in [4.78, 5) is 24.8. The van der Waals surface area contributed by atoms with Gasteiger partial charge in [0.1, 0.15) is 23.1 Å². The minimum Gasteiger partial charge on any atom is -0.467 e. The highest BCUT2D eigenvalue weighted by Crippen LogP contribution is 2.34. The van der Waals surface area contributed by atoms with Gasteiger partial charge in [-0.3, -0.25) is 9.59 Å². The number of nitrogens with one attached hydrogen (secondary N) is 1. The van der Waals surface area contributed by atoms with Crippen LogP contribution in [0.2, 0.25) is 0 Å². The first-order valence-corrected chi connectivity index (χ1v) is 10.1. The van der Waals surface area contributed by atoms with Crippen molar-refractivity contribution in [2.24, 2.45) is 10.8 Å². The number of nitrogens with two attached hydrogens (primary N) is 1. The second-order valence-electron chi connectivity index (χ2n) is 7.43. The molecule has 8 heteroatoms. The molecule has 3 N–H and O–H groups in total. The average molecular weight is 428 g/mol. The molecule has 0 aliphatic carbocycles. The van der Waals surface area contributed by atoms with Crippen molar-refractivity contribution in [2.45, 2.75) is 12.5 Å². The van der Waals surface area contributed by atoms with Crippen LogP contribution in [0.5, 0.6) is 0 Å². The zero-order valence-corrected chi connectivity index (χ0v) is 17.0. The lowest BCUT2D eigenvalue weighted by molar-refractivity contribution is -0.131. The number of furan rings is 2. The van der Waals surface area contributed by atoms with Crippen LogP contribution in [-0.2, 0) is 4.79 Å². The first kappa shape index (κ1) is 19.6. The number of anilines is 1. The Balaban J connectivity index is 1.41. The predicted molar refractivity (Wildman–Crippen MR) is 119 cm³/mol. The van der Waals surface area contributed by atoms with Gasteiger partial charge in [-0.25, -0.2) is 5.01 Å². The van der Waals surface area contributed by atoms with E-state index in [0.29, 0.717) is 34.9 Å². The van der Waals surface area contributed by atoms with Crippen LogP contribution in [0.4, 0.5) is 5.69 Å². The number of hydrogen-bond donors (Lipinski definition) is 2. The molecule has 1 aliphatic rings. The Labute approximate surface area is 183 Å². The first-order chi connectivity index (χ1) is 15.6. The van der Waals surface area contributed by atoms with E-state index in [-0.39, 0.29) is 12.5 Å². The van der Waals surface area contributed by atoms with Crippen LogP contribution in [0, 0.1) is 0 Å². The molecule has 2 aromatic carbocycles. The van der Waals surface area contributed by atoms with Crippen molar-refractivity contribution in [1.29, 1.82) is 0 Å². The third kappa shape index (κ3) is 3.62. The minimum atomic E-state index is -0.569. The van der Waals surface area contributed by atoms with E-state index in [2.05, 4.69) is 10.4 Å². The fraction of sp³-hybridized carbons (Fsp3) is 0.125. The van der Waals surface area contributed by atoms with Crippen molar-refractivity contribution in [2.75, 3.05) is 11.9 Å². The smallest absolute Gasteiger partial charge is 0.262 e. The molecule has 1 aliphatic heterocycles. The monoisotopic (exact) mass is 428 g/mol. The van der Waals surface area contributed by atoms with Crippen LogP contribution in [0.15, 0.2) is 86.9 Å². The van der Waals surface area contributed by atoms with E-state index in [1.165, 1.54) is 5.01 Å². The first-order valence-electron chi connectivity index (χ1n) is 10.1. The third-order valence-corrected chi connectivity index (χ3v) is 5.37. The zero-order valence-electron chi connectivity index (χ0n) is 17.0. The van der Waals surface area contributed by atoms with E-state index in [0.717, 1.165) is 11.0 Å². The minimum absolute atomic E-state index is 0.0710. The SMILES string of the molecule is NC(=O)c1ccccc1NCC(=O)N1N=C(c2cc3ccccc3o2)CC1c1ccco1. The van der Waals surface area contributed by atoms with Gasteiger partial charge in [0.25, 0.3) is 11.8 Å². The highest BCUT2D eigenvalue weighted by Gasteiger charge is 2.35.